The van der Waals surface area contributed by atoms with E-state index in [-0.39, 0.29) is 5.91 Å². The second kappa shape index (κ2) is 11.8. The fraction of sp³-hybridized carbons (Fsp3) is 0.281. The minimum Gasteiger partial charge on any atom is -0.496 e. The van der Waals surface area contributed by atoms with E-state index >= 15 is 0 Å². The first kappa shape index (κ1) is 26.1. The molecule has 0 aliphatic rings. The van der Waals surface area contributed by atoms with Gasteiger partial charge in [-0.1, -0.05) is 43.7 Å². The number of ether oxygens (including phenoxy) is 2. The Morgan fingerprint density at radius 3 is 2.51 bits per heavy atom. The molecule has 0 unspecified atom stereocenters. The fourth-order valence-corrected chi connectivity index (χ4v) is 4.60. The van der Waals surface area contributed by atoms with Crippen LogP contribution in [0.25, 0.3) is 27.7 Å². The minimum absolute atomic E-state index is 0.184. The summed E-state index contributed by atoms with van der Waals surface area (Å²) in [4.78, 5) is 12.9. The van der Waals surface area contributed by atoms with Crippen LogP contribution in [0, 0.1) is 6.92 Å². The molecule has 0 aliphatic heterocycles. The average molecular weight is 498 g/mol. The van der Waals surface area contributed by atoms with Crippen LogP contribution in [0.3, 0.4) is 0 Å². The molecule has 0 saturated heterocycles. The number of para-hydroxylation sites is 1. The summed E-state index contributed by atoms with van der Waals surface area (Å²) in [5.41, 5.74) is 7.24. The summed E-state index contributed by atoms with van der Waals surface area (Å²) >= 11 is 0. The number of carbonyl (C=O) groups excluding carboxylic acids is 1. The van der Waals surface area contributed by atoms with Gasteiger partial charge in [-0.3, -0.25) is 4.79 Å². The van der Waals surface area contributed by atoms with Crippen molar-refractivity contribution in [3.8, 4) is 22.6 Å². The molecule has 0 bridgehead atoms. The Kier molecular flexibility index (Phi) is 8.34. The summed E-state index contributed by atoms with van der Waals surface area (Å²) in [6.07, 6.45) is 6.75. The molecule has 4 aromatic rings. The van der Waals surface area contributed by atoms with E-state index in [2.05, 4.69) is 24.4 Å². The molecule has 0 atom stereocenters. The van der Waals surface area contributed by atoms with Gasteiger partial charge in [-0.15, -0.1) is 0 Å². The number of furan rings is 1. The largest absolute Gasteiger partial charge is 0.496 e. The Bertz CT molecular complexity index is 1410. The number of hydrogen-bond donors (Lipinski definition) is 1. The van der Waals surface area contributed by atoms with Crippen molar-refractivity contribution in [3.63, 3.8) is 0 Å². The predicted octanol–water partition coefficient (Wildman–Crippen LogP) is 8.20. The highest BCUT2D eigenvalue weighted by Crippen LogP contribution is 2.42. The molecule has 1 aromatic heterocycles. The second-order valence-electron chi connectivity index (χ2n) is 9.15. The number of fused-ring (bicyclic) bond motifs is 1. The van der Waals surface area contributed by atoms with Crippen molar-refractivity contribution in [2.45, 2.75) is 47.0 Å². The number of unbranched alkanes of at least 4 members (excludes halogenated alkanes) is 1. The highest BCUT2D eigenvalue weighted by atomic mass is 16.5. The highest BCUT2D eigenvalue weighted by molar-refractivity contribution is 6.06. The molecule has 0 fully saturated rings. The molecule has 0 spiro atoms. The summed E-state index contributed by atoms with van der Waals surface area (Å²) in [5.74, 6) is 1.31. The van der Waals surface area contributed by atoms with Crippen LogP contribution < -0.4 is 14.8 Å². The molecule has 1 heterocycles. The van der Waals surface area contributed by atoms with Gasteiger partial charge in [0.25, 0.3) is 0 Å². The Balaban J connectivity index is 1.69. The van der Waals surface area contributed by atoms with Crippen molar-refractivity contribution >= 4 is 28.1 Å². The van der Waals surface area contributed by atoms with Crippen LogP contribution >= 0.6 is 0 Å². The summed E-state index contributed by atoms with van der Waals surface area (Å²) < 4.78 is 17.7. The number of amides is 1. The molecule has 3 aromatic carbocycles. The third-order valence-electron chi connectivity index (χ3n) is 6.54. The van der Waals surface area contributed by atoms with E-state index in [9.17, 15) is 4.79 Å². The van der Waals surface area contributed by atoms with E-state index in [0.29, 0.717) is 6.61 Å². The van der Waals surface area contributed by atoms with Gasteiger partial charge in [0.2, 0.25) is 5.91 Å². The zero-order valence-corrected chi connectivity index (χ0v) is 22.3. The molecule has 1 N–H and O–H groups in total. The lowest BCUT2D eigenvalue weighted by Crippen LogP contribution is -2.09. The van der Waals surface area contributed by atoms with Gasteiger partial charge in [-0.25, -0.2) is 0 Å². The molecule has 1 amide bonds. The van der Waals surface area contributed by atoms with Gasteiger partial charge < -0.3 is 19.2 Å². The van der Waals surface area contributed by atoms with Crippen molar-refractivity contribution in [1.29, 1.82) is 0 Å². The smallest absolute Gasteiger partial charge is 0.248 e. The first-order valence-corrected chi connectivity index (χ1v) is 12.9. The molecule has 0 aliphatic carbocycles. The third-order valence-corrected chi connectivity index (χ3v) is 6.54. The number of carbonyl (C=O) groups is 1. The molecular weight excluding hydrogens is 462 g/mol. The van der Waals surface area contributed by atoms with E-state index in [1.54, 1.807) is 19.4 Å². The van der Waals surface area contributed by atoms with Gasteiger partial charge in [0, 0.05) is 39.4 Å². The molecule has 5 heteroatoms. The van der Waals surface area contributed by atoms with E-state index in [1.807, 2.05) is 63.2 Å². The minimum atomic E-state index is -0.184. The zero-order chi connectivity index (χ0) is 26.4. The van der Waals surface area contributed by atoms with Crippen LogP contribution in [0.15, 0.2) is 71.4 Å². The maximum absolute atomic E-state index is 12.9. The van der Waals surface area contributed by atoms with Crippen LogP contribution in [-0.4, -0.2) is 19.6 Å². The molecule has 4 rings (SSSR count). The van der Waals surface area contributed by atoms with Crippen LogP contribution in [-0.2, 0) is 11.2 Å². The summed E-state index contributed by atoms with van der Waals surface area (Å²) in [7, 11) is 1.66. The highest BCUT2D eigenvalue weighted by Gasteiger charge is 2.20. The lowest BCUT2D eigenvalue weighted by atomic mass is 9.96. The monoisotopic (exact) mass is 497 g/mol. The number of anilines is 1. The number of methoxy groups -OCH3 is 1. The molecule has 192 valence electrons. The molecule has 5 nitrogen and oxygen atoms in total. The second-order valence-corrected chi connectivity index (χ2v) is 9.15. The molecule has 0 radical (unpaired) electrons. The standard InChI is InChI=1S/C32H35NO4/c1-6-8-11-23-14-16-24(17-15-23)33-30(34)18-21(3)26-19-27-28(25-12-9-10-13-29(25)35-5)20-37-32(27)22(4)31(26)36-7-2/h9-10,12-20H,6-8,11H2,1-5H3,(H,33,34)/b21-18+. The van der Waals surface area contributed by atoms with Gasteiger partial charge in [0.1, 0.15) is 17.1 Å². The quantitative estimate of drug-likeness (QED) is 0.224. The van der Waals surface area contributed by atoms with Crippen molar-refractivity contribution in [2.24, 2.45) is 0 Å². The van der Waals surface area contributed by atoms with Crippen LogP contribution in [0.1, 0.15) is 50.3 Å². The third kappa shape index (κ3) is 5.72. The van der Waals surface area contributed by atoms with E-state index in [1.165, 1.54) is 5.56 Å². The topological polar surface area (TPSA) is 60.7 Å². The SMILES string of the molecule is CCCCc1ccc(NC(=O)/C=C(\C)c2cc3c(-c4ccccc4OC)coc3c(C)c2OCC)cc1. The van der Waals surface area contributed by atoms with Crippen LogP contribution in [0.2, 0.25) is 0 Å². The van der Waals surface area contributed by atoms with Gasteiger partial charge in [-0.05, 0) is 69.0 Å². The van der Waals surface area contributed by atoms with Crippen LogP contribution in [0.5, 0.6) is 11.5 Å². The molecular formula is C32H35NO4. The normalized spacial score (nSPS) is 11.5. The first-order chi connectivity index (χ1) is 18.0. The van der Waals surface area contributed by atoms with Gasteiger partial charge >= 0.3 is 0 Å². The average Bonchev–Trinajstić information content (AvgIpc) is 3.33. The fourth-order valence-electron chi connectivity index (χ4n) is 4.60. The van der Waals surface area contributed by atoms with Crippen molar-refractivity contribution in [1.82, 2.24) is 0 Å². The summed E-state index contributed by atoms with van der Waals surface area (Å²) in [6.45, 7) is 8.56. The maximum Gasteiger partial charge on any atom is 0.248 e. The Morgan fingerprint density at radius 2 is 1.81 bits per heavy atom. The van der Waals surface area contributed by atoms with E-state index in [4.69, 9.17) is 13.9 Å². The summed E-state index contributed by atoms with van der Waals surface area (Å²) in [5, 5.41) is 3.93. The van der Waals surface area contributed by atoms with Crippen molar-refractivity contribution < 1.29 is 18.7 Å². The van der Waals surface area contributed by atoms with Gasteiger partial charge in [0.15, 0.2) is 0 Å². The molecule has 0 saturated carbocycles. The number of benzene rings is 3. The van der Waals surface area contributed by atoms with Crippen LogP contribution in [0.4, 0.5) is 5.69 Å². The predicted molar refractivity (Wildman–Crippen MR) is 151 cm³/mol. The Morgan fingerprint density at radius 1 is 1.05 bits per heavy atom. The maximum atomic E-state index is 12.9. The van der Waals surface area contributed by atoms with E-state index in [0.717, 1.165) is 75.2 Å². The number of rotatable bonds is 10. The zero-order valence-electron chi connectivity index (χ0n) is 22.3. The number of hydrogen-bond acceptors (Lipinski definition) is 4. The number of aryl methyl sites for hydroxylation is 2. The lowest BCUT2D eigenvalue weighted by Gasteiger charge is -2.15. The number of nitrogens with one attached hydrogen (secondary N) is 1. The van der Waals surface area contributed by atoms with Gasteiger partial charge in [-0.2, -0.15) is 0 Å². The van der Waals surface area contributed by atoms with Crippen molar-refractivity contribution in [3.05, 3.63) is 83.6 Å². The first-order valence-electron chi connectivity index (χ1n) is 12.9. The Hall–Kier alpha value is -3.99. The molecule has 37 heavy (non-hydrogen) atoms. The van der Waals surface area contributed by atoms with Crippen molar-refractivity contribution in [2.75, 3.05) is 19.0 Å². The number of allylic oxidation sites excluding steroid dienone is 1. The van der Waals surface area contributed by atoms with E-state index < -0.39 is 0 Å². The van der Waals surface area contributed by atoms with Gasteiger partial charge in [0.05, 0.1) is 20.0 Å². The lowest BCUT2D eigenvalue weighted by molar-refractivity contribution is -0.111. The summed E-state index contributed by atoms with van der Waals surface area (Å²) in [6, 6.07) is 18.0. The Labute approximate surface area is 219 Å².